The van der Waals surface area contributed by atoms with Gasteiger partial charge in [0.15, 0.2) is 0 Å². The van der Waals surface area contributed by atoms with Crippen molar-refractivity contribution in [3.05, 3.63) is 81.3 Å². The van der Waals surface area contributed by atoms with Gasteiger partial charge in [0.1, 0.15) is 17.3 Å². The van der Waals surface area contributed by atoms with Gasteiger partial charge < -0.3 is 20.3 Å². The minimum Gasteiger partial charge on any atom is -0.405 e. The van der Waals surface area contributed by atoms with Crippen molar-refractivity contribution in [1.82, 2.24) is 15.3 Å². The van der Waals surface area contributed by atoms with E-state index in [0.29, 0.717) is 13.1 Å². The lowest BCUT2D eigenvalue weighted by molar-refractivity contribution is -0.385. The van der Waals surface area contributed by atoms with Crippen LogP contribution in [0.5, 0.6) is 5.75 Å². The van der Waals surface area contributed by atoms with Crippen molar-refractivity contribution >= 4 is 17.5 Å². The number of aryl methyl sites for hydroxylation is 1. The molecule has 42 heavy (non-hydrogen) atoms. The minimum absolute atomic E-state index is 0.00521. The number of para-hydroxylation sites is 1. The van der Waals surface area contributed by atoms with E-state index in [1.165, 1.54) is 30.3 Å². The van der Waals surface area contributed by atoms with E-state index in [-0.39, 0.29) is 65.3 Å². The SMILES string of the molecule is CCc1nc(N(CC)Cc2ccccc2OC(F)(F)F)nc(NC2CCC(NCc3cccc(F)c3)CC2)c1[N+](=O)[O-]. The lowest BCUT2D eigenvalue weighted by Crippen LogP contribution is -2.37. The summed E-state index contributed by atoms with van der Waals surface area (Å²) in [6.45, 7) is 4.44. The zero-order valence-electron chi connectivity index (χ0n) is 23.5. The molecule has 0 aliphatic heterocycles. The van der Waals surface area contributed by atoms with Gasteiger partial charge in [0.2, 0.25) is 11.8 Å². The van der Waals surface area contributed by atoms with Gasteiger partial charge in [0.05, 0.1) is 4.92 Å². The molecule has 1 saturated carbocycles. The number of aromatic nitrogens is 2. The van der Waals surface area contributed by atoms with Gasteiger partial charge in [-0.1, -0.05) is 37.3 Å². The molecule has 0 atom stereocenters. The molecule has 0 radical (unpaired) electrons. The molecule has 13 heteroatoms. The summed E-state index contributed by atoms with van der Waals surface area (Å²) in [5.41, 5.74) is 1.16. The van der Waals surface area contributed by atoms with E-state index in [1.54, 1.807) is 30.9 Å². The van der Waals surface area contributed by atoms with Crippen molar-refractivity contribution in [2.75, 3.05) is 16.8 Å². The fraction of sp³-hybridized carbons (Fsp3) is 0.448. The molecule has 226 valence electrons. The van der Waals surface area contributed by atoms with Crippen LogP contribution in [0.4, 0.5) is 35.0 Å². The van der Waals surface area contributed by atoms with Crippen molar-refractivity contribution in [3.8, 4) is 5.75 Å². The average molecular weight is 591 g/mol. The number of rotatable bonds is 12. The second kappa shape index (κ2) is 13.8. The maximum Gasteiger partial charge on any atom is 0.573 e. The fourth-order valence-corrected chi connectivity index (χ4v) is 5.10. The summed E-state index contributed by atoms with van der Waals surface area (Å²) in [7, 11) is 0. The van der Waals surface area contributed by atoms with Gasteiger partial charge in [-0.2, -0.15) is 4.98 Å². The Labute approximate surface area is 241 Å². The molecular formula is C29H34F4N6O3. The maximum absolute atomic E-state index is 13.5. The minimum atomic E-state index is -4.85. The van der Waals surface area contributed by atoms with Crippen LogP contribution in [0.2, 0.25) is 0 Å². The van der Waals surface area contributed by atoms with E-state index in [2.05, 4.69) is 25.3 Å². The number of hydrogen-bond donors (Lipinski definition) is 2. The molecule has 0 amide bonds. The highest BCUT2D eigenvalue weighted by Crippen LogP contribution is 2.33. The highest BCUT2D eigenvalue weighted by Gasteiger charge is 2.33. The molecule has 9 nitrogen and oxygen atoms in total. The first-order valence-corrected chi connectivity index (χ1v) is 13.9. The number of benzene rings is 2. The van der Waals surface area contributed by atoms with Gasteiger partial charge in [-0.3, -0.25) is 10.1 Å². The van der Waals surface area contributed by atoms with Gasteiger partial charge in [-0.05, 0) is 62.8 Å². The number of ether oxygens (including phenoxy) is 1. The third-order valence-corrected chi connectivity index (χ3v) is 7.24. The Morgan fingerprint density at radius 1 is 1.05 bits per heavy atom. The predicted molar refractivity (Wildman–Crippen MR) is 151 cm³/mol. The van der Waals surface area contributed by atoms with Crippen molar-refractivity contribution in [2.45, 2.75) is 77.5 Å². The topological polar surface area (TPSA) is 105 Å². The first-order chi connectivity index (χ1) is 20.1. The van der Waals surface area contributed by atoms with E-state index in [9.17, 15) is 27.7 Å². The highest BCUT2D eigenvalue weighted by molar-refractivity contribution is 5.62. The van der Waals surface area contributed by atoms with Crippen LogP contribution >= 0.6 is 0 Å². The summed E-state index contributed by atoms with van der Waals surface area (Å²) in [4.78, 5) is 22.2. The van der Waals surface area contributed by atoms with Crippen molar-refractivity contribution in [3.63, 3.8) is 0 Å². The second-order valence-electron chi connectivity index (χ2n) is 10.2. The number of anilines is 2. The van der Waals surface area contributed by atoms with Crippen LogP contribution in [0.15, 0.2) is 48.5 Å². The van der Waals surface area contributed by atoms with Crippen LogP contribution in [0.25, 0.3) is 0 Å². The molecule has 1 fully saturated rings. The monoisotopic (exact) mass is 590 g/mol. The van der Waals surface area contributed by atoms with Gasteiger partial charge in [-0.15, -0.1) is 13.2 Å². The van der Waals surface area contributed by atoms with Crippen molar-refractivity contribution in [1.29, 1.82) is 0 Å². The molecule has 1 heterocycles. The lowest BCUT2D eigenvalue weighted by atomic mass is 9.91. The summed E-state index contributed by atoms with van der Waals surface area (Å²) in [5.74, 6) is -0.340. The quantitative estimate of drug-likeness (QED) is 0.140. The largest absolute Gasteiger partial charge is 0.573 e. The van der Waals surface area contributed by atoms with Crippen LogP contribution in [0.3, 0.4) is 0 Å². The first kappa shape index (κ1) is 30.9. The standard InChI is InChI=1S/C29H34F4N6O3/c1-3-24-26(39(40)41)27(35-23-14-12-22(13-15-23)34-17-19-8-7-10-21(30)16-19)37-28(36-24)38(4-2)18-20-9-5-6-11-25(20)42-29(31,32)33/h5-11,16,22-23,34H,3-4,12-15,17-18H2,1-2H3,(H,35,36,37). The molecule has 1 aromatic heterocycles. The maximum atomic E-state index is 13.5. The molecule has 4 rings (SSSR count). The zero-order chi connectivity index (χ0) is 30.3. The van der Waals surface area contributed by atoms with Crippen LogP contribution in [-0.4, -0.2) is 39.9 Å². The predicted octanol–water partition coefficient (Wildman–Crippen LogP) is 6.52. The van der Waals surface area contributed by atoms with Gasteiger partial charge in [0.25, 0.3) is 0 Å². The number of nitrogens with one attached hydrogen (secondary N) is 2. The highest BCUT2D eigenvalue weighted by atomic mass is 19.4. The Hall–Kier alpha value is -4.00. The van der Waals surface area contributed by atoms with Gasteiger partial charge >= 0.3 is 12.0 Å². The molecule has 1 aliphatic rings. The van der Waals surface area contributed by atoms with E-state index >= 15 is 0 Å². The molecule has 0 bridgehead atoms. The Balaban J connectivity index is 1.50. The molecule has 1 aliphatic carbocycles. The number of nitrogens with zero attached hydrogens (tertiary/aromatic N) is 4. The van der Waals surface area contributed by atoms with E-state index in [4.69, 9.17) is 0 Å². The fourth-order valence-electron chi connectivity index (χ4n) is 5.10. The summed E-state index contributed by atoms with van der Waals surface area (Å²) in [6, 6.07) is 12.4. The van der Waals surface area contributed by atoms with E-state index in [0.717, 1.165) is 31.2 Å². The van der Waals surface area contributed by atoms with Crippen LogP contribution in [-0.2, 0) is 19.5 Å². The third-order valence-electron chi connectivity index (χ3n) is 7.24. The summed E-state index contributed by atoms with van der Waals surface area (Å²) >= 11 is 0. The van der Waals surface area contributed by atoms with Crippen LogP contribution in [0, 0.1) is 15.9 Å². The van der Waals surface area contributed by atoms with E-state index < -0.39 is 11.3 Å². The van der Waals surface area contributed by atoms with Gasteiger partial charge in [0, 0.05) is 37.3 Å². The number of halogens is 4. The van der Waals surface area contributed by atoms with Crippen LogP contribution < -0.4 is 20.3 Å². The summed E-state index contributed by atoms with van der Waals surface area (Å²) in [6.07, 6.45) is -1.48. The number of nitro groups is 1. The van der Waals surface area contributed by atoms with Gasteiger partial charge in [-0.25, -0.2) is 9.37 Å². The average Bonchev–Trinajstić information content (AvgIpc) is 2.95. The Morgan fingerprint density at radius 3 is 2.40 bits per heavy atom. The van der Waals surface area contributed by atoms with Crippen molar-refractivity contribution < 1.29 is 27.2 Å². The molecule has 0 unspecified atom stereocenters. The summed E-state index contributed by atoms with van der Waals surface area (Å²) in [5, 5.41) is 18.8. The van der Waals surface area contributed by atoms with Crippen molar-refractivity contribution in [2.24, 2.45) is 0 Å². The normalized spacial score (nSPS) is 17.1. The number of hydrogen-bond acceptors (Lipinski definition) is 8. The summed E-state index contributed by atoms with van der Waals surface area (Å²) < 4.78 is 56.6. The molecule has 2 N–H and O–H groups in total. The third kappa shape index (κ3) is 8.28. The molecule has 0 saturated heterocycles. The molecular weight excluding hydrogens is 556 g/mol. The lowest BCUT2D eigenvalue weighted by Gasteiger charge is -2.30. The molecule has 0 spiro atoms. The zero-order valence-corrected chi connectivity index (χ0v) is 23.5. The Kier molecular flexibility index (Phi) is 10.2. The first-order valence-electron chi connectivity index (χ1n) is 13.9. The Bertz CT molecular complexity index is 1370. The molecule has 3 aromatic rings. The second-order valence-corrected chi connectivity index (χ2v) is 10.2. The van der Waals surface area contributed by atoms with E-state index in [1.807, 2.05) is 6.07 Å². The number of alkyl halides is 3. The molecule has 2 aromatic carbocycles. The van der Waals surface area contributed by atoms with Crippen LogP contribution in [0.1, 0.15) is 56.4 Å². The smallest absolute Gasteiger partial charge is 0.405 e. The Morgan fingerprint density at radius 2 is 1.76 bits per heavy atom.